The molecule has 0 aliphatic heterocycles. The Morgan fingerprint density at radius 2 is 1.60 bits per heavy atom. The summed E-state index contributed by atoms with van der Waals surface area (Å²) in [5.41, 5.74) is 1.22. The Labute approximate surface area is 93.7 Å². The second-order valence-electron chi connectivity index (χ2n) is 1.63. The van der Waals surface area contributed by atoms with Gasteiger partial charge in [-0.25, -0.2) is 0 Å². The summed E-state index contributed by atoms with van der Waals surface area (Å²) in [6, 6.07) is 10.1. The third-order valence-electron chi connectivity index (χ3n) is 1.01. The molecule has 0 aliphatic carbocycles. The second-order valence-corrected chi connectivity index (χ2v) is 1.92. The van der Waals surface area contributed by atoms with Gasteiger partial charge in [-0.15, -0.1) is 0 Å². The van der Waals surface area contributed by atoms with Crippen LogP contribution in [0.2, 0.25) is 0 Å². The van der Waals surface area contributed by atoms with E-state index in [1.807, 2.05) is 30.3 Å². The van der Waals surface area contributed by atoms with Gasteiger partial charge in [-0.3, -0.25) is 0 Å². The fourth-order valence-corrected chi connectivity index (χ4v) is 0.767. The Kier molecular flexibility index (Phi) is 10.6. The van der Waals surface area contributed by atoms with E-state index in [1.54, 1.807) is 0 Å². The van der Waals surface area contributed by atoms with Gasteiger partial charge in [0.2, 0.25) is 0 Å². The fraction of sp³-hybridized carbons (Fsp3) is 0.143. The molecular weight excluding hydrogens is 220 g/mol. The van der Waals surface area contributed by atoms with E-state index < -0.39 is 0 Å². The van der Waals surface area contributed by atoms with Gasteiger partial charge < -0.3 is 29.6 Å². The zero-order chi connectivity index (χ0) is 5.82. The van der Waals surface area contributed by atoms with Crippen LogP contribution < -0.4 is 17.0 Å². The van der Waals surface area contributed by atoms with Crippen LogP contribution in [0.25, 0.3) is 0 Å². The molecular formula is C7H7BrMgS. The Balaban J connectivity index is 0. The predicted molar refractivity (Wildman–Crippen MR) is 43.3 cm³/mol. The second kappa shape index (κ2) is 7.92. The van der Waals surface area contributed by atoms with E-state index in [-0.39, 0.29) is 40.0 Å². The molecule has 0 spiro atoms. The van der Waals surface area contributed by atoms with Crippen molar-refractivity contribution < 1.29 is 17.0 Å². The molecule has 0 aliphatic rings. The molecule has 0 saturated carbocycles. The summed E-state index contributed by atoms with van der Waals surface area (Å²) >= 11 is 4.82. The minimum Gasteiger partial charge on any atom is -1.00 e. The first-order chi connectivity index (χ1) is 3.93. The summed E-state index contributed by atoms with van der Waals surface area (Å²) in [5, 5.41) is 0. The van der Waals surface area contributed by atoms with Crippen molar-refractivity contribution in [2.24, 2.45) is 0 Å². The fourth-order valence-electron chi connectivity index (χ4n) is 0.574. The number of rotatable bonds is 1. The van der Waals surface area contributed by atoms with Gasteiger partial charge in [0.05, 0.1) is 0 Å². The van der Waals surface area contributed by atoms with Crippen molar-refractivity contribution in [3.05, 3.63) is 35.9 Å². The molecule has 10 heavy (non-hydrogen) atoms. The molecule has 0 N–H and O–H groups in total. The molecule has 0 amide bonds. The van der Waals surface area contributed by atoms with Crippen LogP contribution in [0.5, 0.6) is 0 Å². The molecule has 0 heterocycles. The van der Waals surface area contributed by atoms with Crippen molar-refractivity contribution in [3.8, 4) is 0 Å². The topological polar surface area (TPSA) is 0 Å². The zero-order valence-electron chi connectivity index (χ0n) is 5.59. The molecule has 0 nitrogen and oxygen atoms in total. The molecule has 0 unspecified atom stereocenters. The summed E-state index contributed by atoms with van der Waals surface area (Å²) in [7, 11) is 0. The van der Waals surface area contributed by atoms with Gasteiger partial charge in [0, 0.05) is 0 Å². The van der Waals surface area contributed by atoms with Crippen LogP contribution in [0.3, 0.4) is 0 Å². The van der Waals surface area contributed by atoms with Gasteiger partial charge in [0.15, 0.2) is 0 Å². The van der Waals surface area contributed by atoms with Crippen LogP contribution >= 0.6 is 0 Å². The number of halogens is 1. The van der Waals surface area contributed by atoms with Crippen molar-refractivity contribution in [1.82, 2.24) is 0 Å². The summed E-state index contributed by atoms with van der Waals surface area (Å²) in [4.78, 5) is 0. The molecule has 0 fully saturated rings. The van der Waals surface area contributed by atoms with Gasteiger partial charge in [-0.1, -0.05) is 35.9 Å². The van der Waals surface area contributed by atoms with E-state index in [2.05, 4.69) is 0 Å². The van der Waals surface area contributed by atoms with Crippen molar-refractivity contribution in [2.45, 2.75) is 5.75 Å². The maximum absolute atomic E-state index is 4.82. The summed E-state index contributed by atoms with van der Waals surface area (Å²) in [6.45, 7) is 0. The standard InChI is InChI=1S/C7H8S.BrH.Mg/c8-6-7-4-2-1-3-5-7;;/h1-5,8H,6H2;1H;/q;;+2/p-2. The average Bonchev–Trinajstić information content (AvgIpc) is 1.90. The van der Waals surface area contributed by atoms with Crippen molar-refractivity contribution >= 4 is 35.7 Å². The van der Waals surface area contributed by atoms with Crippen LogP contribution in [-0.4, -0.2) is 23.1 Å². The van der Waals surface area contributed by atoms with E-state index in [0.717, 1.165) is 5.75 Å². The van der Waals surface area contributed by atoms with Crippen LogP contribution in [0.15, 0.2) is 30.3 Å². The van der Waals surface area contributed by atoms with E-state index in [0.29, 0.717) is 0 Å². The minimum atomic E-state index is 0. The first kappa shape index (κ1) is 13.4. The molecule has 0 radical (unpaired) electrons. The Bertz CT molecular complexity index is 155. The van der Waals surface area contributed by atoms with Crippen molar-refractivity contribution in [3.63, 3.8) is 0 Å². The average molecular weight is 227 g/mol. The first-order valence-electron chi connectivity index (χ1n) is 2.55. The Morgan fingerprint density at radius 3 is 1.90 bits per heavy atom. The Morgan fingerprint density at radius 1 is 1.10 bits per heavy atom. The van der Waals surface area contributed by atoms with E-state index in [4.69, 9.17) is 12.6 Å². The van der Waals surface area contributed by atoms with Gasteiger partial charge in [-0.05, 0) is 0 Å². The monoisotopic (exact) mass is 226 g/mol. The molecule has 0 atom stereocenters. The van der Waals surface area contributed by atoms with Crippen LogP contribution in [-0.2, 0) is 18.4 Å². The SMILES string of the molecule is [Br-].[Mg+2].[S-]Cc1ccccc1. The molecule has 0 bridgehead atoms. The van der Waals surface area contributed by atoms with E-state index >= 15 is 0 Å². The molecule has 0 saturated heterocycles. The number of hydrogen-bond donors (Lipinski definition) is 0. The number of hydrogen-bond acceptors (Lipinski definition) is 1. The smallest absolute Gasteiger partial charge is 1.00 e. The Hall–Kier alpha value is 0.816. The summed E-state index contributed by atoms with van der Waals surface area (Å²) < 4.78 is 0. The van der Waals surface area contributed by atoms with Gasteiger partial charge in [-0.2, -0.15) is 5.75 Å². The van der Waals surface area contributed by atoms with Crippen molar-refractivity contribution in [1.29, 1.82) is 0 Å². The van der Waals surface area contributed by atoms with Crippen LogP contribution in [0.1, 0.15) is 5.56 Å². The molecule has 1 aromatic carbocycles. The quantitative estimate of drug-likeness (QED) is 0.410. The van der Waals surface area contributed by atoms with Crippen molar-refractivity contribution in [2.75, 3.05) is 0 Å². The van der Waals surface area contributed by atoms with Crippen LogP contribution in [0, 0.1) is 0 Å². The third kappa shape index (κ3) is 4.60. The molecule has 50 valence electrons. The summed E-state index contributed by atoms with van der Waals surface area (Å²) in [6.07, 6.45) is 0. The predicted octanol–water partition coefficient (Wildman–Crippen LogP) is -1.64. The van der Waals surface area contributed by atoms with Crippen LogP contribution in [0.4, 0.5) is 0 Å². The van der Waals surface area contributed by atoms with E-state index in [1.165, 1.54) is 5.56 Å². The first-order valence-corrected chi connectivity index (χ1v) is 3.13. The molecule has 0 aromatic heterocycles. The minimum absolute atomic E-state index is 0. The van der Waals surface area contributed by atoms with Gasteiger partial charge in [0.1, 0.15) is 0 Å². The molecule has 1 aromatic rings. The summed E-state index contributed by atoms with van der Waals surface area (Å²) in [5.74, 6) is 0.723. The van der Waals surface area contributed by atoms with Gasteiger partial charge in [0.25, 0.3) is 0 Å². The third-order valence-corrected chi connectivity index (χ3v) is 1.34. The maximum atomic E-state index is 4.82. The van der Waals surface area contributed by atoms with Gasteiger partial charge >= 0.3 is 23.1 Å². The molecule has 1 rings (SSSR count). The molecule has 3 heteroatoms. The van der Waals surface area contributed by atoms with E-state index in [9.17, 15) is 0 Å². The largest absolute Gasteiger partial charge is 2.00 e. The normalized spacial score (nSPS) is 7.30. The maximum Gasteiger partial charge on any atom is 2.00 e. The number of benzene rings is 1. The zero-order valence-corrected chi connectivity index (χ0v) is 9.40.